The van der Waals surface area contributed by atoms with E-state index in [4.69, 9.17) is 0 Å². The highest BCUT2D eigenvalue weighted by Crippen LogP contribution is 2.36. The Labute approximate surface area is 205 Å². The van der Waals surface area contributed by atoms with Gasteiger partial charge in [0.25, 0.3) is 0 Å². The Morgan fingerprint density at radius 1 is 0.429 bits per heavy atom. The van der Waals surface area contributed by atoms with Gasteiger partial charge in [-0.25, -0.2) is 0 Å². The van der Waals surface area contributed by atoms with Crippen molar-refractivity contribution < 1.29 is 0 Å². The molecule has 6 aromatic rings. The fourth-order valence-electron chi connectivity index (χ4n) is 4.74. The maximum Gasteiger partial charge on any atom is 0.0544 e. The molecular weight excluding hydrogens is 422 g/mol. The predicted octanol–water partition coefficient (Wildman–Crippen LogP) is 9.33. The van der Waals surface area contributed by atoms with Gasteiger partial charge in [-0.1, -0.05) is 140 Å². The fourth-order valence-corrected chi connectivity index (χ4v) is 4.74. The number of fused-ring (bicyclic) bond motifs is 3. The third kappa shape index (κ3) is 4.20. The van der Waals surface area contributed by atoms with Gasteiger partial charge in [0.05, 0.1) is 5.52 Å². The van der Waals surface area contributed by atoms with E-state index in [1.165, 1.54) is 49.7 Å². The molecule has 0 bridgehead atoms. The van der Waals surface area contributed by atoms with E-state index >= 15 is 0 Å². The Kier molecular flexibility index (Phi) is 5.58. The smallest absolute Gasteiger partial charge is 0.0544 e. The maximum atomic E-state index is 3.68. The van der Waals surface area contributed by atoms with Gasteiger partial charge in [0.2, 0.25) is 0 Å². The predicted molar refractivity (Wildman–Crippen MR) is 152 cm³/mol. The van der Waals surface area contributed by atoms with Gasteiger partial charge < -0.3 is 4.98 Å². The van der Waals surface area contributed by atoms with Gasteiger partial charge in [-0.15, -0.1) is 0 Å². The number of benzene rings is 5. The number of aromatic amines is 1. The lowest BCUT2D eigenvalue weighted by molar-refractivity contribution is 1.52. The minimum absolute atomic E-state index is 1.16. The van der Waals surface area contributed by atoms with Crippen LogP contribution < -0.4 is 0 Å². The summed E-state index contributed by atoms with van der Waals surface area (Å²) < 4.78 is 0. The Balaban J connectivity index is 1.55. The number of para-hydroxylation sites is 2. The van der Waals surface area contributed by atoms with Gasteiger partial charge >= 0.3 is 0 Å². The molecule has 1 heteroatoms. The van der Waals surface area contributed by atoms with Crippen LogP contribution >= 0.6 is 0 Å². The van der Waals surface area contributed by atoms with E-state index in [1.54, 1.807) is 0 Å². The summed E-state index contributed by atoms with van der Waals surface area (Å²) in [4.78, 5) is 3.68. The second kappa shape index (κ2) is 9.32. The molecule has 1 aromatic heterocycles. The quantitative estimate of drug-likeness (QED) is 0.253. The molecule has 0 saturated carbocycles. The van der Waals surface area contributed by atoms with Crippen molar-refractivity contribution in [3.8, 4) is 11.1 Å². The third-order valence-corrected chi connectivity index (χ3v) is 6.47. The molecule has 0 radical (unpaired) electrons. The molecule has 0 fully saturated rings. The van der Waals surface area contributed by atoms with Gasteiger partial charge in [-0.3, -0.25) is 0 Å². The van der Waals surface area contributed by atoms with E-state index < -0.39 is 0 Å². The first-order chi connectivity index (χ1) is 17.4. The molecule has 5 aromatic carbocycles. The molecule has 0 amide bonds. The number of H-pyrrole nitrogens is 1. The van der Waals surface area contributed by atoms with Crippen molar-refractivity contribution in [2.24, 2.45) is 0 Å². The summed E-state index contributed by atoms with van der Waals surface area (Å²) in [5, 5.41) is 2.51. The molecule has 0 atom stereocenters. The second-order valence-electron chi connectivity index (χ2n) is 8.70. The van der Waals surface area contributed by atoms with Crippen LogP contribution in [0.1, 0.15) is 22.3 Å². The van der Waals surface area contributed by atoms with Crippen molar-refractivity contribution in [2.75, 3.05) is 0 Å². The molecule has 1 N–H and O–H groups in total. The minimum Gasteiger partial charge on any atom is -0.354 e. The number of nitrogens with one attached hydrogen (secondary N) is 1. The van der Waals surface area contributed by atoms with Crippen LogP contribution in [0.2, 0.25) is 0 Å². The molecule has 6 rings (SSSR count). The van der Waals surface area contributed by atoms with Crippen LogP contribution in [0.5, 0.6) is 0 Å². The molecule has 1 nitrogen and oxygen atoms in total. The molecule has 1 heterocycles. The highest BCUT2D eigenvalue weighted by atomic mass is 14.7. The Morgan fingerprint density at radius 2 is 1.03 bits per heavy atom. The molecule has 166 valence electrons. The summed E-state index contributed by atoms with van der Waals surface area (Å²) in [6, 6.07) is 42.6. The van der Waals surface area contributed by atoms with E-state index in [2.05, 4.69) is 145 Å². The van der Waals surface area contributed by atoms with E-state index in [1.807, 2.05) is 6.07 Å². The first-order valence-electron chi connectivity index (χ1n) is 12.0. The van der Waals surface area contributed by atoms with Gasteiger partial charge in [0.1, 0.15) is 0 Å². The van der Waals surface area contributed by atoms with Gasteiger partial charge in [0.15, 0.2) is 0 Å². The first kappa shape index (κ1) is 20.9. The second-order valence-corrected chi connectivity index (χ2v) is 8.70. The van der Waals surface area contributed by atoms with Crippen LogP contribution in [-0.4, -0.2) is 4.98 Å². The SMILES string of the molecule is C(=Cc1cccc(-c2cccc3c2[nH]c2ccccc23)c1C=Cc1ccccc1)c1ccccc1. The van der Waals surface area contributed by atoms with Crippen LogP contribution in [0.4, 0.5) is 0 Å². The highest BCUT2D eigenvalue weighted by Gasteiger charge is 2.13. The van der Waals surface area contributed by atoms with Crippen LogP contribution in [0.3, 0.4) is 0 Å². The van der Waals surface area contributed by atoms with Crippen molar-refractivity contribution in [3.05, 3.63) is 144 Å². The van der Waals surface area contributed by atoms with Crippen molar-refractivity contribution in [2.45, 2.75) is 0 Å². The standard InChI is InChI=1S/C34H25N/c1-3-11-25(12-4-1)21-23-27-15-9-17-29(28(27)24-22-26-13-5-2-6-14-26)31-18-10-19-32-30-16-7-8-20-33(30)35-34(31)32/h1-24,35H. The lowest BCUT2D eigenvalue weighted by Crippen LogP contribution is -1.89. The summed E-state index contributed by atoms with van der Waals surface area (Å²) in [6.45, 7) is 0. The Hall–Kier alpha value is -4.62. The van der Waals surface area contributed by atoms with Crippen LogP contribution in [0.25, 0.3) is 57.2 Å². The summed E-state index contributed by atoms with van der Waals surface area (Å²) in [5.74, 6) is 0. The summed E-state index contributed by atoms with van der Waals surface area (Å²) in [7, 11) is 0. The molecule has 0 saturated heterocycles. The summed E-state index contributed by atoms with van der Waals surface area (Å²) >= 11 is 0. The zero-order valence-electron chi connectivity index (χ0n) is 19.4. The normalized spacial score (nSPS) is 11.8. The van der Waals surface area contributed by atoms with E-state index in [9.17, 15) is 0 Å². The third-order valence-electron chi connectivity index (χ3n) is 6.47. The van der Waals surface area contributed by atoms with E-state index in [-0.39, 0.29) is 0 Å². The zero-order valence-corrected chi connectivity index (χ0v) is 19.4. The number of hydrogen-bond donors (Lipinski definition) is 1. The number of hydrogen-bond acceptors (Lipinski definition) is 0. The average Bonchev–Trinajstić information content (AvgIpc) is 3.31. The summed E-state index contributed by atoms with van der Waals surface area (Å²) in [5.41, 5.74) is 9.52. The van der Waals surface area contributed by atoms with Crippen LogP contribution in [0.15, 0.2) is 121 Å². The number of aromatic nitrogens is 1. The van der Waals surface area contributed by atoms with Crippen molar-refractivity contribution in [3.63, 3.8) is 0 Å². The molecule has 0 aliphatic rings. The van der Waals surface area contributed by atoms with Gasteiger partial charge in [0, 0.05) is 21.9 Å². The first-order valence-corrected chi connectivity index (χ1v) is 12.0. The fraction of sp³-hybridized carbons (Fsp3) is 0. The van der Waals surface area contributed by atoms with E-state index in [0.717, 1.165) is 5.52 Å². The molecule has 0 unspecified atom stereocenters. The molecule has 0 aliphatic carbocycles. The molecular formula is C34H25N. The van der Waals surface area contributed by atoms with Crippen LogP contribution in [-0.2, 0) is 0 Å². The monoisotopic (exact) mass is 447 g/mol. The largest absolute Gasteiger partial charge is 0.354 e. The van der Waals surface area contributed by atoms with Crippen molar-refractivity contribution in [1.82, 2.24) is 4.98 Å². The maximum absolute atomic E-state index is 3.68. The molecule has 0 aliphatic heterocycles. The van der Waals surface area contributed by atoms with Crippen LogP contribution in [0, 0.1) is 0 Å². The van der Waals surface area contributed by atoms with Gasteiger partial charge in [-0.05, 0) is 33.9 Å². The highest BCUT2D eigenvalue weighted by molar-refractivity contribution is 6.12. The Morgan fingerprint density at radius 3 is 1.80 bits per heavy atom. The van der Waals surface area contributed by atoms with Gasteiger partial charge in [-0.2, -0.15) is 0 Å². The Bertz CT molecular complexity index is 1670. The lowest BCUT2D eigenvalue weighted by Gasteiger charge is -2.12. The number of rotatable bonds is 5. The lowest BCUT2D eigenvalue weighted by atomic mass is 9.92. The topological polar surface area (TPSA) is 15.8 Å². The summed E-state index contributed by atoms with van der Waals surface area (Å²) in [6.07, 6.45) is 8.85. The molecule has 0 spiro atoms. The zero-order chi connectivity index (χ0) is 23.5. The van der Waals surface area contributed by atoms with Crippen molar-refractivity contribution in [1.29, 1.82) is 0 Å². The average molecular weight is 448 g/mol. The van der Waals surface area contributed by atoms with E-state index in [0.29, 0.717) is 0 Å². The van der Waals surface area contributed by atoms with Crippen molar-refractivity contribution >= 4 is 46.1 Å². The molecule has 35 heavy (non-hydrogen) atoms. The minimum atomic E-state index is 1.16.